The summed E-state index contributed by atoms with van der Waals surface area (Å²) in [5, 5.41) is 10.5. The number of fused-ring (bicyclic) bond motifs is 1. The maximum atomic E-state index is 12.4. The number of allylic oxidation sites excluding steroid dienone is 1. The predicted molar refractivity (Wildman–Crippen MR) is 109 cm³/mol. The molecule has 4 nitrogen and oxygen atoms in total. The molecule has 0 aromatic carbocycles. The van der Waals surface area contributed by atoms with Crippen molar-refractivity contribution in [3.63, 3.8) is 0 Å². The molecule has 0 amide bonds. The Morgan fingerprint density at radius 2 is 1.56 bits per heavy atom. The maximum absolute atomic E-state index is 12.4. The second-order valence-corrected chi connectivity index (χ2v) is 8.56. The Morgan fingerprint density at radius 1 is 0.926 bits per heavy atom. The largest absolute Gasteiger partial charge is 0.505 e. The van der Waals surface area contributed by atoms with Gasteiger partial charge in [-0.25, -0.2) is 0 Å². The minimum Gasteiger partial charge on any atom is -0.505 e. The number of rotatable bonds is 10. The van der Waals surface area contributed by atoms with Crippen molar-refractivity contribution in [2.75, 3.05) is 0 Å². The zero-order valence-corrected chi connectivity index (χ0v) is 17.1. The Kier molecular flexibility index (Phi) is 7.76. The number of Topliss-reactive ketones (excluding diaryl/α,β-unsaturated/α-hetero) is 2. The molecule has 1 aromatic heterocycles. The van der Waals surface area contributed by atoms with E-state index in [9.17, 15) is 14.7 Å². The zero-order chi connectivity index (χ0) is 20.0. The van der Waals surface area contributed by atoms with Gasteiger partial charge in [-0.3, -0.25) is 14.6 Å². The summed E-state index contributed by atoms with van der Waals surface area (Å²) in [6.07, 6.45) is 9.08. The highest BCUT2D eigenvalue weighted by atomic mass is 16.3. The summed E-state index contributed by atoms with van der Waals surface area (Å²) >= 11 is 0. The average molecular weight is 372 g/mol. The van der Waals surface area contributed by atoms with Gasteiger partial charge in [-0.2, -0.15) is 0 Å². The molecule has 1 aromatic rings. The lowest BCUT2D eigenvalue weighted by molar-refractivity contribution is -0.112. The van der Waals surface area contributed by atoms with Gasteiger partial charge < -0.3 is 5.11 Å². The van der Waals surface area contributed by atoms with E-state index in [0.29, 0.717) is 6.42 Å². The van der Waals surface area contributed by atoms with Gasteiger partial charge in [0.05, 0.1) is 5.56 Å². The summed E-state index contributed by atoms with van der Waals surface area (Å²) in [4.78, 5) is 28.8. The average Bonchev–Trinajstić information content (AvgIpc) is 2.63. The molecule has 0 aliphatic heterocycles. The molecule has 0 fully saturated rings. The van der Waals surface area contributed by atoms with E-state index in [4.69, 9.17) is 0 Å². The van der Waals surface area contributed by atoms with Crippen LogP contribution in [0.1, 0.15) is 88.7 Å². The Labute approximate surface area is 163 Å². The molecular weight excluding hydrogens is 338 g/mol. The predicted octanol–water partition coefficient (Wildman–Crippen LogP) is 5.78. The van der Waals surface area contributed by atoms with Gasteiger partial charge in [-0.15, -0.1) is 0 Å². The van der Waals surface area contributed by atoms with Gasteiger partial charge >= 0.3 is 0 Å². The van der Waals surface area contributed by atoms with E-state index in [-0.39, 0.29) is 28.5 Å². The second-order valence-electron chi connectivity index (χ2n) is 8.56. The summed E-state index contributed by atoms with van der Waals surface area (Å²) in [6, 6.07) is 3.15. The lowest BCUT2D eigenvalue weighted by atomic mass is 9.85. The van der Waals surface area contributed by atoms with Gasteiger partial charge in [0.25, 0.3) is 0 Å². The third-order valence-corrected chi connectivity index (χ3v) is 5.47. The van der Waals surface area contributed by atoms with Gasteiger partial charge in [-0.1, -0.05) is 66.2 Å². The van der Waals surface area contributed by atoms with E-state index < -0.39 is 11.6 Å². The molecule has 1 aliphatic carbocycles. The quantitative estimate of drug-likeness (QED) is 0.530. The Bertz CT molecular complexity index is 705. The first-order valence-corrected chi connectivity index (χ1v) is 10.3. The maximum Gasteiger partial charge on any atom is 0.235 e. The summed E-state index contributed by atoms with van der Waals surface area (Å²) in [7, 11) is 0. The van der Waals surface area contributed by atoms with Crippen LogP contribution in [0.3, 0.4) is 0 Å². The standard InChI is InChI=1S/C23H33NO3/c1-15(2)8-5-9-16(3)10-6-11-17(4)14-19-21(25)20-18(12-7-13-24-20)22(26)23(19)27/h7,12-13,15-17,25H,5-6,8-11,14H2,1-4H3. The molecule has 0 saturated carbocycles. The van der Waals surface area contributed by atoms with Gasteiger partial charge in [-0.05, 0) is 36.3 Å². The molecule has 27 heavy (non-hydrogen) atoms. The number of aromatic nitrogens is 1. The number of hydrogen-bond donors (Lipinski definition) is 1. The third-order valence-electron chi connectivity index (χ3n) is 5.47. The van der Waals surface area contributed by atoms with Crippen LogP contribution >= 0.6 is 0 Å². The third kappa shape index (κ3) is 5.75. The summed E-state index contributed by atoms with van der Waals surface area (Å²) < 4.78 is 0. The van der Waals surface area contributed by atoms with Crippen LogP contribution in [0.5, 0.6) is 0 Å². The topological polar surface area (TPSA) is 67.3 Å². The van der Waals surface area contributed by atoms with Crippen molar-refractivity contribution >= 4 is 17.3 Å². The number of hydrogen-bond acceptors (Lipinski definition) is 4. The van der Waals surface area contributed by atoms with Crippen LogP contribution in [0.4, 0.5) is 0 Å². The molecule has 0 radical (unpaired) electrons. The summed E-state index contributed by atoms with van der Waals surface area (Å²) in [5.74, 6) is 0.473. The zero-order valence-electron chi connectivity index (χ0n) is 17.1. The lowest BCUT2D eigenvalue weighted by Gasteiger charge is -2.20. The van der Waals surface area contributed by atoms with E-state index in [2.05, 4.69) is 32.7 Å². The normalized spacial score (nSPS) is 16.6. The van der Waals surface area contributed by atoms with E-state index in [1.165, 1.54) is 31.9 Å². The molecule has 4 heteroatoms. The van der Waals surface area contributed by atoms with Crippen LogP contribution < -0.4 is 0 Å². The molecular formula is C23H33NO3. The molecule has 0 saturated heterocycles. The van der Waals surface area contributed by atoms with Crippen LogP contribution in [-0.2, 0) is 4.79 Å². The summed E-state index contributed by atoms with van der Waals surface area (Å²) in [6.45, 7) is 8.92. The molecule has 1 N–H and O–H groups in total. The lowest BCUT2D eigenvalue weighted by Crippen LogP contribution is -2.25. The van der Waals surface area contributed by atoms with Crippen LogP contribution in [0, 0.1) is 17.8 Å². The van der Waals surface area contributed by atoms with Crippen molar-refractivity contribution in [1.82, 2.24) is 4.98 Å². The van der Waals surface area contributed by atoms with Crippen LogP contribution in [-0.4, -0.2) is 21.7 Å². The molecule has 1 aliphatic rings. The molecule has 1 heterocycles. The fraction of sp³-hybridized carbons (Fsp3) is 0.609. The number of pyridine rings is 1. The highest BCUT2D eigenvalue weighted by Crippen LogP contribution is 2.31. The Morgan fingerprint density at radius 3 is 2.22 bits per heavy atom. The number of aliphatic hydroxyl groups is 1. The smallest absolute Gasteiger partial charge is 0.235 e. The summed E-state index contributed by atoms with van der Waals surface area (Å²) in [5.41, 5.74) is 0.665. The van der Waals surface area contributed by atoms with Gasteiger partial charge in [0, 0.05) is 11.8 Å². The van der Waals surface area contributed by atoms with Crippen molar-refractivity contribution in [1.29, 1.82) is 0 Å². The number of aliphatic hydroxyl groups excluding tert-OH is 1. The van der Waals surface area contributed by atoms with Crippen LogP contribution in [0.25, 0.3) is 5.76 Å². The SMILES string of the molecule is CC(C)CCCC(C)CCCC(C)CC1=C(O)c2ncccc2C(=O)C1=O. The molecule has 2 unspecified atom stereocenters. The molecule has 0 bridgehead atoms. The molecule has 2 rings (SSSR count). The van der Waals surface area contributed by atoms with E-state index >= 15 is 0 Å². The van der Waals surface area contributed by atoms with Crippen LogP contribution in [0.2, 0.25) is 0 Å². The minimum atomic E-state index is -0.582. The van der Waals surface area contributed by atoms with Gasteiger partial charge in [0.1, 0.15) is 11.5 Å². The van der Waals surface area contributed by atoms with E-state index in [1.807, 2.05) is 0 Å². The number of carbonyl (C=O) groups is 2. The monoisotopic (exact) mass is 371 g/mol. The number of carbonyl (C=O) groups excluding carboxylic acids is 2. The number of nitrogens with zero attached hydrogens (tertiary/aromatic N) is 1. The fourth-order valence-corrected chi connectivity index (χ4v) is 3.76. The van der Waals surface area contributed by atoms with Crippen molar-refractivity contribution in [2.24, 2.45) is 17.8 Å². The van der Waals surface area contributed by atoms with Crippen molar-refractivity contribution in [3.05, 3.63) is 35.2 Å². The van der Waals surface area contributed by atoms with Gasteiger partial charge in [0.15, 0.2) is 0 Å². The molecule has 148 valence electrons. The number of ketones is 2. The highest BCUT2D eigenvalue weighted by Gasteiger charge is 2.33. The van der Waals surface area contributed by atoms with Crippen molar-refractivity contribution < 1.29 is 14.7 Å². The molecule has 2 atom stereocenters. The van der Waals surface area contributed by atoms with Gasteiger partial charge in [0.2, 0.25) is 11.6 Å². The Hall–Kier alpha value is -1.97. The second kappa shape index (κ2) is 9.82. The minimum absolute atomic E-state index is 0.121. The van der Waals surface area contributed by atoms with Crippen molar-refractivity contribution in [2.45, 2.75) is 72.6 Å². The first-order valence-electron chi connectivity index (χ1n) is 10.3. The van der Waals surface area contributed by atoms with Crippen LogP contribution in [0.15, 0.2) is 23.9 Å². The first kappa shape index (κ1) is 21.3. The first-order chi connectivity index (χ1) is 12.8. The van der Waals surface area contributed by atoms with E-state index in [1.54, 1.807) is 12.1 Å². The molecule has 0 spiro atoms. The Balaban J connectivity index is 1.87. The fourth-order valence-electron chi connectivity index (χ4n) is 3.76. The van der Waals surface area contributed by atoms with Crippen molar-refractivity contribution in [3.8, 4) is 0 Å². The highest BCUT2D eigenvalue weighted by molar-refractivity contribution is 6.52. The van der Waals surface area contributed by atoms with E-state index in [0.717, 1.165) is 24.7 Å².